The summed E-state index contributed by atoms with van der Waals surface area (Å²) in [6, 6.07) is 2.04. The molecule has 0 aliphatic carbocycles. The Bertz CT molecular complexity index is 715. The lowest BCUT2D eigenvalue weighted by molar-refractivity contribution is -0.192. The Labute approximate surface area is 170 Å². The zero-order chi connectivity index (χ0) is 22.0. The van der Waals surface area contributed by atoms with Gasteiger partial charge in [0.1, 0.15) is 10.8 Å². The van der Waals surface area contributed by atoms with E-state index >= 15 is 0 Å². The van der Waals surface area contributed by atoms with Gasteiger partial charge in [0.2, 0.25) is 5.88 Å². The standard InChI is InChI=1S/C15H26N4O2S.C2HF3O2/c1-14(2,3)22(20)18-13-11-9-12(21-4)17-19(11)10-15(13)5-7-16-8-6-15;3-2(4,5)1(6)7/h9,13,16,18H,5-8,10H2,1-4H3;(H,6,7)/t13-,22+;/m1./s1. The van der Waals surface area contributed by atoms with Gasteiger partial charge in [-0.05, 0) is 46.7 Å². The van der Waals surface area contributed by atoms with E-state index < -0.39 is 23.5 Å². The number of aliphatic carboxylic acids is 1. The first-order valence-corrected chi connectivity index (χ1v) is 10.3. The molecule has 166 valence electrons. The van der Waals surface area contributed by atoms with Crippen LogP contribution in [0.2, 0.25) is 0 Å². The number of nitrogens with one attached hydrogen (secondary N) is 2. The Balaban J connectivity index is 0.000000370. The van der Waals surface area contributed by atoms with Crippen LogP contribution in [0.1, 0.15) is 45.3 Å². The molecule has 1 spiro atoms. The van der Waals surface area contributed by atoms with Gasteiger partial charge in [0.25, 0.3) is 0 Å². The third kappa shape index (κ3) is 5.56. The van der Waals surface area contributed by atoms with Gasteiger partial charge >= 0.3 is 12.1 Å². The lowest BCUT2D eigenvalue weighted by atomic mass is 9.74. The van der Waals surface area contributed by atoms with Crippen LogP contribution in [0.4, 0.5) is 13.2 Å². The molecule has 1 saturated heterocycles. The van der Waals surface area contributed by atoms with Crippen molar-refractivity contribution in [1.29, 1.82) is 0 Å². The number of carbonyl (C=O) groups is 1. The topological polar surface area (TPSA) is 111 Å². The van der Waals surface area contributed by atoms with Crippen LogP contribution < -0.4 is 14.8 Å². The fourth-order valence-electron chi connectivity index (χ4n) is 3.41. The fourth-order valence-corrected chi connectivity index (χ4v) is 4.35. The molecule has 2 atom stereocenters. The molecule has 2 aliphatic rings. The summed E-state index contributed by atoms with van der Waals surface area (Å²) < 4.78 is 54.8. The third-order valence-corrected chi connectivity index (χ3v) is 6.56. The first-order chi connectivity index (χ1) is 13.3. The molecular formula is C17H27F3N4O4S. The van der Waals surface area contributed by atoms with Gasteiger partial charge in [-0.15, -0.1) is 9.82 Å². The Hall–Kier alpha value is -1.50. The molecule has 1 aromatic heterocycles. The normalized spacial score (nSPS) is 21.9. The molecule has 0 unspecified atom stereocenters. The maximum atomic E-state index is 12.7. The number of alkyl halides is 3. The highest BCUT2D eigenvalue weighted by molar-refractivity contribution is 7.90. The van der Waals surface area contributed by atoms with Crippen LogP contribution in [0.15, 0.2) is 6.07 Å². The lowest BCUT2D eigenvalue weighted by Crippen LogP contribution is -2.49. The van der Waals surface area contributed by atoms with Gasteiger partial charge in [0.15, 0.2) is 0 Å². The van der Waals surface area contributed by atoms with Gasteiger partial charge in [-0.3, -0.25) is 4.68 Å². The van der Waals surface area contributed by atoms with Gasteiger partial charge in [-0.25, -0.2) is 4.79 Å². The number of hydrogen-bond acceptors (Lipinski definition) is 6. The van der Waals surface area contributed by atoms with E-state index in [0.29, 0.717) is 5.88 Å². The number of halogens is 3. The molecule has 8 nitrogen and oxygen atoms in total. The molecule has 29 heavy (non-hydrogen) atoms. The highest BCUT2D eigenvalue weighted by Gasteiger charge is 2.51. The molecule has 0 amide bonds. The molecule has 1 fully saturated rings. The maximum Gasteiger partial charge on any atom is 0.490 e. The first kappa shape index (κ1) is 23.8. The minimum absolute atomic E-state index is 0.0612. The lowest BCUT2D eigenvalue weighted by Gasteiger charge is -2.39. The second-order valence-corrected chi connectivity index (χ2v) is 10.1. The zero-order valence-corrected chi connectivity index (χ0v) is 17.6. The fraction of sp³-hybridized carbons (Fsp3) is 0.765. The van der Waals surface area contributed by atoms with Crippen molar-refractivity contribution in [2.24, 2.45) is 5.41 Å². The monoisotopic (exact) mass is 440 g/mol. The molecular weight excluding hydrogens is 413 g/mol. The summed E-state index contributed by atoms with van der Waals surface area (Å²) in [5.41, 5.74) is 1.19. The highest BCUT2D eigenvalue weighted by Crippen LogP contribution is 2.49. The van der Waals surface area contributed by atoms with E-state index in [1.54, 1.807) is 7.11 Å². The number of methoxy groups -OCH3 is 1. The summed E-state index contributed by atoms with van der Waals surface area (Å²) in [6.07, 6.45) is -2.95. The Morgan fingerprint density at radius 1 is 1.41 bits per heavy atom. The molecule has 0 saturated carbocycles. The maximum absolute atomic E-state index is 12.7. The number of piperidine rings is 1. The van der Waals surface area contributed by atoms with Gasteiger partial charge in [-0.1, -0.05) is 0 Å². The molecule has 0 aromatic carbocycles. The minimum atomic E-state index is -5.08. The smallest absolute Gasteiger partial charge is 0.490 e. The van der Waals surface area contributed by atoms with E-state index in [9.17, 15) is 17.7 Å². The number of hydrogen-bond donors (Lipinski definition) is 3. The van der Waals surface area contributed by atoms with Crippen LogP contribution in [-0.2, 0) is 22.7 Å². The Kier molecular flexibility index (Phi) is 7.13. The number of ether oxygens (including phenoxy) is 1. The molecule has 3 N–H and O–H groups in total. The van der Waals surface area contributed by atoms with Crippen LogP contribution in [0, 0.1) is 5.41 Å². The number of fused-ring (bicyclic) bond motifs is 1. The Morgan fingerprint density at radius 3 is 2.41 bits per heavy atom. The first-order valence-electron chi connectivity index (χ1n) is 9.11. The van der Waals surface area contributed by atoms with Crippen molar-refractivity contribution in [2.45, 2.75) is 57.1 Å². The largest absolute Gasteiger partial charge is 0.598 e. The van der Waals surface area contributed by atoms with Gasteiger partial charge in [0, 0.05) is 29.4 Å². The van der Waals surface area contributed by atoms with Crippen LogP contribution in [0.5, 0.6) is 5.88 Å². The van der Waals surface area contributed by atoms with Gasteiger partial charge in [-0.2, -0.15) is 13.2 Å². The summed E-state index contributed by atoms with van der Waals surface area (Å²) in [4.78, 5) is 8.90. The van der Waals surface area contributed by atoms with Crippen molar-refractivity contribution < 1.29 is 32.4 Å². The molecule has 3 rings (SSSR count). The minimum Gasteiger partial charge on any atom is -0.598 e. The molecule has 0 bridgehead atoms. The predicted octanol–water partition coefficient (Wildman–Crippen LogP) is 2.00. The van der Waals surface area contributed by atoms with Gasteiger partial charge in [0.05, 0.1) is 12.8 Å². The summed E-state index contributed by atoms with van der Waals surface area (Å²) in [7, 11) is 1.63. The predicted molar refractivity (Wildman–Crippen MR) is 101 cm³/mol. The summed E-state index contributed by atoms with van der Waals surface area (Å²) in [6.45, 7) is 8.87. The average molecular weight is 440 g/mol. The molecule has 3 heterocycles. The van der Waals surface area contributed by atoms with E-state index in [0.717, 1.165) is 38.2 Å². The highest BCUT2D eigenvalue weighted by atomic mass is 32.2. The quantitative estimate of drug-likeness (QED) is 0.617. The zero-order valence-electron chi connectivity index (χ0n) is 16.8. The number of aromatic nitrogens is 2. The van der Waals surface area contributed by atoms with Crippen molar-refractivity contribution in [3.8, 4) is 5.88 Å². The van der Waals surface area contributed by atoms with E-state index in [1.165, 1.54) is 0 Å². The van der Waals surface area contributed by atoms with Crippen molar-refractivity contribution in [1.82, 2.24) is 19.8 Å². The van der Waals surface area contributed by atoms with Crippen LogP contribution >= 0.6 is 0 Å². The number of rotatable bonds is 3. The van der Waals surface area contributed by atoms with Crippen molar-refractivity contribution in [2.75, 3.05) is 20.2 Å². The van der Waals surface area contributed by atoms with Crippen molar-refractivity contribution >= 4 is 17.3 Å². The molecule has 2 aliphatic heterocycles. The van der Waals surface area contributed by atoms with Crippen LogP contribution in [0.3, 0.4) is 0 Å². The number of carboxylic acid groups (broad SMARTS) is 1. The van der Waals surface area contributed by atoms with E-state index in [1.807, 2.05) is 31.5 Å². The molecule has 0 radical (unpaired) electrons. The second kappa shape index (κ2) is 8.70. The number of nitrogens with zero attached hydrogens (tertiary/aromatic N) is 2. The summed E-state index contributed by atoms with van der Waals surface area (Å²) >= 11 is -1.11. The second-order valence-electron chi connectivity index (χ2n) is 8.12. The Morgan fingerprint density at radius 2 is 1.97 bits per heavy atom. The SMILES string of the molecule is COc1cc2n(n1)CC1(CCNCC1)[C@@H]2N[S@@+]([O-])C(C)(C)C.O=C(O)C(F)(F)F. The van der Waals surface area contributed by atoms with Crippen molar-refractivity contribution in [3.05, 3.63) is 11.8 Å². The summed E-state index contributed by atoms with van der Waals surface area (Å²) in [5.74, 6) is -2.13. The average Bonchev–Trinajstić information content (AvgIpc) is 3.11. The van der Waals surface area contributed by atoms with Crippen molar-refractivity contribution in [3.63, 3.8) is 0 Å². The van der Waals surface area contributed by atoms with Crippen LogP contribution in [0.25, 0.3) is 0 Å². The van der Waals surface area contributed by atoms with Gasteiger partial charge < -0.3 is 19.7 Å². The van der Waals surface area contributed by atoms with E-state index in [2.05, 4.69) is 15.1 Å². The molecule has 1 aromatic rings. The third-order valence-electron chi connectivity index (χ3n) is 4.99. The summed E-state index contributed by atoms with van der Waals surface area (Å²) in [5, 5.41) is 15.1. The number of carboxylic acids is 1. The van der Waals surface area contributed by atoms with E-state index in [4.69, 9.17) is 14.6 Å². The van der Waals surface area contributed by atoms with E-state index in [-0.39, 0.29) is 16.2 Å². The molecule has 12 heteroatoms. The van der Waals surface area contributed by atoms with Crippen LogP contribution in [-0.4, -0.2) is 56.5 Å².